The quantitative estimate of drug-likeness (QED) is 0.296. The van der Waals surface area contributed by atoms with Gasteiger partial charge in [-0.25, -0.2) is 0 Å². The van der Waals surface area contributed by atoms with E-state index < -0.39 is 0 Å². The number of nitrogens with one attached hydrogen (secondary N) is 2. The number of hydrogen-bond donors (Lipinski definition) is 2. The fraction of sp³-hybridized carbons (Fsp3) is 0.179. The first kappa shape index (κ1) is 22.7. The molecule has 4 nitrogen and oxygen atoms in total. The second-order valence-corrected chi connectivity index (χ2v) is 8.06. The van der Waals surface area contributed by atoms with Gasteiger partial charge in [0.05, 0.1) is 17.3 Å². The zero-order chi connectivity index (χ0) is 23.3. The van der Waals surface area contributed by atoms with Crippen LogP contribution in [-0.2, 0) is 11.2 Å². The van der Waals surface area contributed by atoms with Crippen LogP contribution in [0, 0.1) is 22.7 Å². The Bertz CT molecular complexity index is 1210. The number of benzene rings is 1. The van der Waals surface area contributed by atoms with Crippen molar-refractivity contribution in [3.05, 3.63) is 101 Å². The summed E-state index contributed by atoms with van der Waals surface area (Å²) in [4.78, 5) is 16.6. The topological polar surface area (TPSA) is 80.5 Å². The number of nitrogens with zero attached hydrogens (tertiary/aromatic N) is 1. The molecule has 0 saturated heterocycles. The molecule has 32 heavy (non-hydrogen) atoms. The van der Waals surface area contributed by atoms with Gasteiger partial charge in [0.25, 0.3) is 0 Å². The standard InChI is InChI=1S/C28H27N3O/c1-5-24(30)16-25(19(4)18(2)3)28(32)14-21-7-6-8-26-23(13-21)15-27(31-26)22-11-9-20(17-29)10-12-22/h5-7,9-13,15-16,19,30-31H,1-2,8,14H2,3-4H3/b25-16+,30-24?. The molecule has 2 aromatic rings. The first-order chi connectivity index (χ1) is 15.3. The average molecular weight is 422 g/mol. The predicted molar refractivity (Wildman–Crippen MR) is 131 cm³/mol. The van der Waals surface area contributed by atoms with Gasteiger partial charge in [-0.1, -0.05) is 49.9 Å². The van der Waals surface area contributed by atoms with Crippen LogP contribution >= 0.6 is 0 Å². The fourth-order valence-electron chi connectivity index (χ4n) is 3.60. The highest BCUT2D eigenvalue weighted by molar-refractivity contribution is 6.09. The monoisotopic (exact) mass is 421 g/mol. The van der Waals surface area contributed by atoms with Crippen LogP contribution in [0.3, 0.4) is 0 Å². The Morgan fingerprint density at radius 1 is 1.34 bits per heavy atom. The van der Waals surface area contributed by atoms with Crippen LogP contribution in [-0.4, -0.2) is 16.5 Å². The minimum absolute atomic E-state index is 0.0192. The van der Waals surface area contributed by atoms with Gasteiger partial charge in [0.1, 0.15) is 0 Å². The Kier molecular flexibility index (Phi) is 7.02. The van der Waals surface area contributed by atoms with E-state index in [-0.39, 0.29) is 23.8 Å². The summed E-state index contributed by atoms with van der Waals surface area (Å²) in [7, 11) is 0. The molecule has 4 heteroatoms. The van der Waals surface area contributed by atoms with Crippen molar-refractivity contribution < 1.29 is 4.79 Å². The third-order valence-corrected chi connectivity index (χ3v) is 5.68. The molecule has 1 heterocycles. The molecule has 0 saturated carbocycles. The first-order valence-corrected chi connectivity index (χ1v) is 10.5. The van der Waals surface area contributed by atoms with Crippen LogP contribution in [0.4, 0.5) is 0 Å². The lowest BCUT2D eigenvalue weighted by Crippen LogP contribution is -2.13. The summed E-state index contributed by atoms with van der Waals surface area (Å²) < 4.78 is 0. The van der Waals surface area contributed by atoms with E-state index in [2.05, 4.69) is 36.4 Å². The van der Waals surface area contributed by atoms with Gasteiger partial charge in [-0.2, -0.15) is 5.26 Å². The van der Waals surface area contributed by atoms with Gasteiger partial charge in [0.2, 0.25) is 0 Å². The third kappa shape index (κ3) is 5.19. The number of fused-ring (bicyclic) bond motifs is 1. The van der Waals surface area contributed by atoms with Crippen molar-refractivity contribution in [1.29, 1.82) is 10.7 Å². The summed E-state index contributed by atoms with van der Waals surface area (Å²) in [6, 6.07) is 11.7. The molecule has 1 aliphatic rings. The number of rotatable bonds is 8. The van der Waals surface area contributed by atoms with Crippen molar-refractivity contribution in [3.8, 4) is 17.3 Å². The maximum Gasteiger partial charge on any atom is 0.163 e. The molecule has 0 aliphatic heterocycles. The van der Waals surface area contributed by atoms with Gasteiger partial charge in [-0.15, -0.1) is 0 Å². The molecule has 1 atom stereocenters. The molecule has 0 amide bonds. The zero-order valence-electron chi connectivity index (χ0n) is 18.5. The Balaban J connectivity index is 1.88. The molecule has 0 spiro atoms. The predicted octanol–water partition coefficient (Wildman–Crippen LogP) is 6.35. The maximum absolute atomic E-state index is 13.2. The third-order valence-electron chi connectivity index (χ3n) is 5.68. The summed E-state index contributed by atoms with van der Waals surface area (Å²) in [5.41, 5.74) is 7.35. The molecule has 3 rings (SSSR count). The van der Waals surface area contributed by atoms with Crippen molar-refractivity contribution in [1.82, 2.24) is 4.98 Å². The number of ketones is 1. The Morgan fingerprint density at radius 3 is 2.69 bits per heavy atom. The second kappa shape index (κ2) is 9.89. The minimum atomic E-state index is -0.135. The lowest BCUT2D eigenvalue weighted by molar-refractivity contribution is -0.115. The number of nitriles is 1. The van der Waals surface area contributed by atoms with Crippen molar-refractivity contribution >= 4 is 17.6 Å². The number of carbonyl (C=O) groups is 1. The van der Waals surface area contributed by atoms with E-state index in [1.807, 2.05) is 38.1 Å². The molecule has 0 radical (unpaired) electrons. The van der Waals surface area contributed by atoms with E-state index in [9.17, 15) is 4.79 Å². The molecular formula is C28H27N3O. The summed E-state index contributed by atoms with van der Waals surface area (Å²) in [6.07, 6.45) is 10.1. The molecule has 1 aliphatic carbocycles. The highest BCUT2D eigenvalue weighted by Gasteiger charge is 2.20. The highest BCUT2D eigenvalue weighted by Crippen LogP contribution is 2.29. The van der Waals surface area contributed by atoms with Gasteiger partial charge in [-0.05, 0) is 60.1 Å². The SMILES string of the molecule is C=CC(=N)/C=C(/C(=O)CC1=Cc2cc(-c3ccc(C#N)cc3)[nH]c2CC=C1)C(C)C(=C)C. The van der Waals surface area contributed by atoms with Crippen LogP contribution in [0.15, 0.2) is 84.5 Å². The number of aromatic nitrogens is 1. The fourth-order valence-corrected chi connectivity index (χ4v) is 3.60. The minimum Gasteiger partial charge on any atom is -0.358 e. The molecule has 1 unspecified atom stereocenters. The number of Topliss-reactive ketones (excluding diaryl/α,β-unsaturated/α-hetero) is 1. The molecular weight excluding hydrogens is 394 g/mol. The summed E-state index contributed by atoms with van der Waals surface area (Å²) >= 11 is 0. The van der Waals surface area contributed by atoms with Crippen LogP contribution < -0.4 is 0 Å². The van der Waals surface area contributed by atoms with Gasteiger partial charge in [0.15, 0.2) is 5.78 Å². The Hall–Kier alpha value is -3.97. The van der Waals surface area contributed by atoms with Crippen molar-refractivity contribution in [3.63, 3.8) is 0 Å². The molecule has 160 valence electrons. The van der Waals surface area contributed by atoms with Crippen LogP contribution in [0.1, 0.15) is 37.1 Å². The first-order valence-electron chi connectivity index (χ1n) is 10.5. The number of hydrogen-bond acceptors (Lipinski definition) is 3. The van der Waals surface area contributed by atoms with E-state index in [1.165, 1.54) is 6.08 Å². The Labute approximate surface area is 189 Å². The van der Waals surface area contributed by atoms with E-state index in [1.54, 1.807) is 18.2 Å². The van der Waals surface area contributed by atoms with Crippen LogP contribution in [0.25, 0.3) is 17.3 Å². The average Bonchev–Trinajstić information content (AvgIpc) is 3.09. The number of H-pyrrole nitrogens is 1. The van der Waals surface area contributed by atoms with E-state index in [0.29, 0.717) is 11.1 Å². The maximum atomic E-state index is 13.2. The van der Waals surface area contributed by atoms with E-state index in [0.717, 1.165) is 40.1 Å². The van der Waals surface area contributed by atoms with Gasteiger partial charge in [-0.3, -0.25) is 4.79 Å². The summed E-state index contributed by atoms with van der Waals surface area (Å²) in [5, 5.41) is 16.9. The van der Waals surface area contributed by atoms with Gasteiger partial charge >= 0.3 is 0 Å². The van der Waals surface area contributed by atoms with Gasteiger partial charge in [0, 0.05) is 35.7 Å². The second-order valence-electron chi connectivity index (χ2n) is 8.06. The molecule has 0 fully saturated rings. The molecule has 1 aromatic carbocycles. The van der Waals surface area contributed by atoms with Crippen molar-refractivity contribution in [2.45, 2.75) is 26.7 Å². The van der Waals surface area contributed by atoms with Crippen LogP contribution in [0.2, 0.25) is 0 Å². The van der Waals surface area contributed by atoms with Gasteiger partial charge < -0.3 is 10.4 Å². The number of carbonyl (C=O) groups excluding carboxylic acids is 1. The lowest BCUT2D eigenvalue weighted by atomic mass is 9.88. The normalized spacial score (nSPS) is 13.9. The lowest BCUT2D eigenvalue weighted by Gasteiger charge is -2.15. The summed E-state index contributed by atoms with van der Waals surface area (Å²) in [5.74, 6) is -0.154. The zero-order valence-corrected chi connectivity index (χ0v) is 18.5. The highest BCUT2D eigenvalue weighted by atomic mass is 16.1. The summed E-state index contributed by atoms with van der Waals surface area (Å²) in [6.45, 7) is 11.4. The van der Waals surface area contributed by atoms with Crippen molar-refractivity contribution in [2.24, 2.45) is 5.92 Å². The molecule has 0 bridgehead atoms. The molecule has 2 N–H and O–H groups in total. The van der Waals surface area contributed by atoms with E-state index in [4.69, 9.17) is 10.7 Å². The van der Waals surface area contributed by atoms with Crippen molar-refractivity contribution in [2.75, 3.05) is 0 Å². The number of allylic oxidation sites excluding steroid dienone is 7. The number of aromatic amines is 1. The molecule has 1 aromatic heterocycles. The smallest absolute Gasteiger partial charge is 0.163 e. The Morgan fingerprint density at radius 2 is 2.06 bits per heavy atom. The largest absolute Gasteiger partial charge is 0.358 e. The van der Waals surface area contributed by atoms with Crippen LogP contribution in [0.5, 0.6) is 0 Å². The van der Waals surface area contributed by atoms with E-state index >= 15 is 0 Å².